The molecule has 0 aliphatic carbocycles. The van der Waals surface area contributed by atoms with Crippen LogP contribution in [0.25, 0.3) is 0 Å². The van der Waals surface area contributed by atoms with E-state index in [0.29, 0.717) is 23.8 Å². The predicted octanol–water partition coefficient (Wildman–Crippen LogP) is 3.85. The normalized spacial score (nSPS) is 10.8. The molecule has 0 aliphatic rings. The Balaban J connectivity index is 0.00000420. The van der Waals surface area contributed by atoms with Gasteiger partial charge in [0.2, 0.25) is 5.75 Å². The second-order valence-electron chi connectivity index (χ2n) is 6.53. The van der Waals surface area contributed by atoms with Crippen molar-refractivity contribution in [1.82, 2.24) is 10.6 Å². The summed E-state index contributed by atoms with van der Waals surface area (Å²) in [5, 5.41) is 6.71. The fourth-order valence-corrected chi connectivity index (χ4v) is 3.12. The molecule has 0 radical (unpaired) electrons. The highest BCUT2D eigenvalue weighted by atomic mass is 127. The minimum atomic E-state index is 0. The van der Waals surface area contributed by atoms with Crippen molar-refractivity contribution in [3.05, 3.63) is 52.6 Å². The smallest absolute Gasteiger partial charge is 0.203 e. The van der Waals surface area contributed by atoms with Crippen LogP contribution in [0.2, 0.25) is 0 Å². The maximum Gasteiger partial charge on any atom is 0.203 e. The van der Waals surface area contributed by atoms with E-state index in [1.807, 2.05) is 12.1 Å². The van der Waals surface area contributed by atoms with Gasteiger partial charge in [0.15, 0.2) is 17.5 Å². The van der Waals surface area contributed by atoms with E-state index in [2.05, 4.69) is 47.7 Å². The lowest BCUT2D eigenvalue weighted by Crippen LogP contribution is -2.38. The number of methoxy groups -OCH3 is 3. The van der Waals surface area contributed by atoms with Crippen LogP contribution in [0.3, 0.4) is 0 Å². The van der Waals surface area contributed by atoms with Crippen LogP contribution in [0, 0.1) is 13.8 Å². The zero-order chi connectivity index (χ0) is 20.5. The molecule has 0 spiro atoms. The van der Waals surface area contributed by atoms with Gasteiger partial charge in [-0.3, -0.25) is 4.99 Å². The Morgan fingerprint density at radius 1 is 0.897 bits per heavy atom. The summed E-state index contributed by atoms with van der Waals surface area (Å²) < 4.78 is 16.3. The molecule has 2 aromatic rings. The van der Waals surface area contributed by atoms with E-state index in [0.717, 1.165) is 24.5 Å². The van der Waals surface area contributed by atoms with Crippen molar-refractivity contribution in [2.45, 2.75) is 26.8 Å². The van der Waals surface area contributed by atoms with Crippen LogP contribution in [0.1, 0.15) is 22.3 Å². The van der Waals surface area contributed by atoms with Gasteiger partial charge in [0.25, 0.3) is 0 Å². The molecule has 0 aliphatic heterocycles. The molecule has 0 fully saturated rings. The predicted molar refractivity (Wildman–Crippen MR) is 129 cm³/mol. The maximum atomic E-state index is 5.54. The average molecular weight is 513 g/mol. The molecule has 0 bridgehead atoms. The van der Waals surface area contributed by atoms with Crippen molar-refractivity contribution in [2.75, 3.05) is 34.9 Å². The molecular formula is C22H32IN3O3. The Hall–Kier alpha value is -2.16. The first-order valence-corrected chi connectivity index (χ1v) is 9.32. The highest BCUT2D eigenvalue weighted by Crippen LogP contribution is 2.39. The first-order chi connectivity index (χ1) is 13.5. The summed E-state index contributed by atoms with van der Waals surface area (Å²) >= 11 is 0. The molecule has 2 aromatic carbocycles. The molecule has 0 amide bonds. The van der Waals surface area contributed by atoms with Crippen LogP contribution < -0.4 is 24.8 Å². The first-order valence-electron chi connectivity index (χ1n) is 9.32. The Morgan fingerprint density at radius 3 is 2.17 bits per heavy atom. The van der Waals surface area contributed by atoms with Gasteiger partial charge in [-0.1, -0.05) is 29.8 Å². The molecule has 2 N–H and O–H groups in total. The monoisotopic (exact) mass is 513 g/mol. The van der Waals surface area contributed by atoms with Crippen molar-refractivity contribution in [2.24, 2.45) is 4.99 Å². The van der Waals surface area contributed by atoms with Crippen LogP contribution in [0.5, 0.6) is 17.2 Å². The van der Waals surface area contributed by atoms with Crippen LogP contribution in [0.15, 0.2) is 35.3 Å². The second-order valence-corrected chi connectivity index (χ2v) is 6.53. The van der Waals surface area contributed by atoms with E-state index in [1.165, 1.54) is 16.7 Å². The lowest BCUT2D eigenvalue weighted by atomic mass is 10.1. The SMILES string of the molecule is CN=C(NCCc1ccc(OC)c(OC)c1OC)NCc1ccc(C)cc1C.I. The third-order valence-electron chi connectivity index (χ3n) is 4.64. The van der Waals surface area contributed by atoms with Gasteiger partial charge < -0.3 is 24.8 Å². The topological polar surface area (TPSA) is 64.1 Å². The summed E-state index contributed by atoms with van der Waals surface area (Å²) in [5.41, 5.74) is 4.85. The number of aryl methyl sites for hydroxylation is 2. The summed E-state index contributed by atoms with van der Waals surface area (Å²) in [4.78, 5) is 4.30. The van der Waals surface area contributed by atoms with Crippen molar-refractivity contribution >= 4 is 29.9 Å². The second kappa shape index (κ2) is 12.4. The molecule has 0 saturated carbocycles. The number of hydrogen-bond donors (Lipinski definition) is 2. The molecule has 0 saturated heterocycles. The van der Waals surface area contributed by atoms with Crippen molar-refractivity contribution in [3.63, 3.8) is 0 Å². The average Bonchev–Trinajstić information content (AvgIpc) is 2.70. The standard InChI is InChI=1S/C22H31N3O3.HI/c1-15-7-8-18(16(2)13-15)14-25-22(23-3)24-12-11-17-9-10-19(26-4)21(28-6)20(17)27-5;/h7-10,13H,11-12,14H2,1-6H3,(H2,23,24,25);1H. The van der Waals surface area contributed by atoms with Crippen LogP contribution in [-0.2, 0) is 13.0 Å². The summed E-state index contributed by atoms with van der Waals surface area (Å²) in [6.07, 6.45) is 0.758. The van der Waals surface area contributed by atoms with Crippen LogP contribution in [0.4, 0.5) is 0 Å². The van der Waals surface area contributed by atoms with Crippen molar-refractivity contribution in [1.29, 1.82) is 0 Å². The van der Waals surface area contributed by atoms with E-state index >= 15 is 0 Å². The van der Waals surface area contributed by atoms with Gasteiger partial charge in [-0.25, -0.2) is 0 Å². The number of ether oxygens (including phenoxy) is 3. The molecule has 6 nitrogen and oxygen atoms in total. The summed E-state index contributed by atoms with van der Waals surface area (Å²) in [6.45, 7) is 5.67. The van der Waals surface area contributed by atoms with E-state index in [4.69, 9.17) is 14.2 Å². The number of rotatable bonds is 8. The van der Waals surface area contributed by atoms with E-state index in [9.17, 15) is 0 Å². The van der Waals surface area contributed by atoms with Gasteiger partial charge in [-0.2, -0.15) is 0 Å². The molecular weight excluding hydrogens is 481 g/mol. The van der Waals surface area contributed by atoms with E-state index in [1.54, 1.807) is 28.4 Å². The highest BCUT2D eigenvalue weighted by Gasteiger charge is 2.15. The molecule has 0 unspecified atom stereocenters. The molecule has 7 heteroatoms. The first kappa shape index (κ1) is 24.9. The number of halogens is 1. The number of aliphatic imine (C=N–C) groups is 1. The minimum Gasteiger partial charge on any atom is -0.493 e. The third kappa shape index (κ3) is 6.69. The van der Waals surface area contributed by atoms with Gasteiger partial charge in [0, 0.05) is 25.7 Å². The largest absolute Gasteiger partial charge is 0.493 e. The lowest BCUT2D eigenvalue weighted by molar-refractivity contribution is 0.322. The molecule has 160 valence electrons. The van der Waals surface area contributed by atoms with E-state index in [-0.39, 0.29) is 24.0 Å². The number of hydrogen-bond acceptors (Lipinski definition) is 4. The Kier molecular flexibility index (Phi) is 10.6. The zero-order valence-corrected chi connectivity index (χ0v) is 20.4. The van der Waals surface area contributed by atoms with E-state index < -0.39 is 0 Å². The highest BCUT2D eigenvalue weighted by molar-refractivity contribution is 14.0. The van der Waals surface area contributed by atoms with Gasteiger partial charge in [0.05, 0.1) is 21.3 Å². The molecule has 2 rings (SSSR count). The van der Waals surface area contributed by atoms with Gasteiger partial charge in [-0.15, -0.1) is 24.0 Å². The fraction of sp³-hybridized carbons (Fsp3) is 0.409. The Bertz CT molecular complexity index is 825. The summed E-state index contributed by atoms with van der Waals surface area (Å²) in [5.74, 6) is 2.73. The fourth-order valence-electron chi connectivity index (χ4n) is 3.12. The Labute approximate surface area is 191 Å². The quantitative estimate of drug-likeness (QED) is 0.319. The number of nitrogens with one attached hydrogen (secondary N) is 2. The number of nitrogens with zero attached hydrogens (tertiary/aromatic N) is 1. The van der Waals surface area contributed by atoms with Crippen molar-refractivity contribution in [3.8, 4) is 17.2 Å². The third-order valence-corrected chi connectivity index (χ3v) is 4.64. The molecule has 0 heterocycles. The molecule has 29 heavy (non-hydrogen) atoms. The molecule has 0 atom stereocenters. The zero-order valence-electron chi connectivity index (χ0n) is 18.1. The minimum absolute atomic E-state index is 0. The van der Waals surface area contributed by atoms with Crippen LogP contribution in [-0.4, -0.2) is 40.9 Å². The van der Waals surface area contributed by atoms with Gasteiger partial charge in [0.1, 0.15) is 0 Å². The summed E-state index contributed by atoms with van der Waals surface area (Å²) in [6, 6.07) is 10.4. The van der Waals surface area contributed by atoms with Gasteiger partial charge in [-0.05, 0) is 37.5 Å². The van der Waals surface area contributed by atoms with Crippen LogP contribution >= 0.6 is 24.0 Å². The van der Waals surface area contributed by atoms with Gasteiger partial charge >= 0.3 is 0 Å². The number of benzene rings is 2. The lowest BCUT2D eigenvalue weighted by Gasteiger charge is -2.17. The molecule has 0 aromatic heterocycles. The maximum absolute atomic E-state index is 5.54. The Morgan fingerprint density at radius 2 is 1.59 bits per heavy atom. The van der Waals surface area contributed by atoms with Crippen molar-refractivity contribution < 1.29 is 14.2 Å². The number of guanidine groups is 1. The summed E-state index contributed by atoms with van der Waals surface area (Å²) in [7, 11) is 6.64.